The maximum atomic E-state index is 15.3. The Labute approximate surface area is 147 Å². The van der Waals surface area contributed by atoms with Crippen molar-refractivity contribution in [1.29, 1.82) is 0 Å². The molecular weight excluding hydrogens is 345 g/mol. The van der Waals surface area contributed by atoms with E-state index in [1.165, 1.54) is 11.5 Å². The highest BCUT2D eigenvalue weighted by Gasteiger charge is 2.46. The molecule has 2 aromatic heterocycles. The van der Waals surface area contributed by atoms with Gasteiger partial charge in [-0.3, -0.25) is 0 Å². The summed E-state index contributed by atoms with van der Waals surface area (Å²) in [5, 5.41) is 4.64. The number of hydrogen-bond donors (Lipinski definition) is 0. The lowest BCUT2D eigenvalue weighted by atomic mass is 10.1. The van der Waals surface area contributed by atoms with Crippen LogP contribution in [0.3, 0.4) is 0 Å². The van der Waals surface area contributed by atoms with Crippen molar-refractivity contribution in [3.8, 4) is 17.1 Å². The summed E-state index contributed by atoms with van der Waals surface area (Å²) >= 11 is 1.27. The topological polar surface area (TPSA) is 77.2 Å². The van der Waals surface area contributed by atoms with Crippen molar-refractivity contribution in [2.75, 3.05) is 25.1 Å². The Morgan fingerprint density at radius 1 is 1.28 bits per heavy atom. The van der Waals surface area contributed by atoms with Crippen molar-refractivity contribution in [1.82, 2.24) is 19.5 Å². The van der Waals surface area contributed by atoms with Crippen LogP contribution in [-0.2, 0) is 5.67 Å². The van der Waals surface area contributed by atoms with Crippen LogP contribution in [0.5, 0.6) is 5.75 Å². The van der Waals surface area contributed by atoms with Gasteiger partial charge in [0.05, 0.1) is 13.7 Å². The highest BCUT2D eigenvalue weighted by Crippen LogP contribution is 2.38. The maximum absolute atomic E-state index is 15.3. The van der Waals surface area contributed by atoms with Crippen molar-refractivity contribution >= 4 is 16.7 Å². The molecule has 1 aliphatic heterocycles. The summed E-state index contributed by atoms with van der Waals surface area (Å²) in [7, 11) is 1.60. The van der Waals surface area contributed by atoms with E-state index in [0.29, 0.717) is 23.3 Å². The summed E-state index contributed by atoms with van der Waals surface area (Å²) in [4.78, 5) is 10.4. The molecule has 1 unspecified atom stereocenters. The predicted octanol–water partition coefficient (Wildman–Crippen LogP) is 2.98. The van der Waals surface area contributed by atoms with Crippen LogP contribution >= 0.6 is 11.5 Å². The normalized spacial score (nSPS) is 20.2. The van der Waals surface area contributed by atoms with Gasteiger partial charge in [0, 0.05) is 30.1 Å². The number of alkyl halides is 1. The molecule has 1 atom stereocenters. The predicted molar refractivity (Wildman–Crippen MR) is 90.5 cm³/mol. The quantitative estimate of drug-likeness (QED) is 0.707. The lowest BCUT2D eigenvalue weighted by Gasteiger charge is -2.16. The number of rotatable bonds is 4. The van der Waals surface area contributed by atoms with Gasteiger partial charge in [0.25, 0.3) is 5.89 Å². The third-order valence-electron chi connectivity index (χ3n) is 4.16. The van der Waals surface area contributed by atoms with E-state index in [2.05, 4.69) is 19.5 Å². The van der Waals surface area contributed by atoms with E-state index in [-0.39, 0.29) is 18.9 Å². The molecule has 4 rings (SSSR count). The largest absolute Gasteiger partial charge is 0.497 e. The van der Waals surface area contributed by atoms with E-state index in [0.717, 1.165) is 11.3 Å². The number of halogens is 1. The van der Waals surface area contributed by atoms with Gasteiger partial charge < -0.3 is 14.2 Å². The fourth-order valence-electron chi connectivity index (χ4n) is 2.79. The molecule has 0 aliphatic carbocycles. The zero-order chi connectivity index (χ0) is 17.4. The molecule has 1 aliphatic rings. The van der Waals surface area contributed by atoms with Crippen molar-refractivity contribution in [3.63, 3.8) is 0 Å². The van der Waals surface area contributed by atoms with Crippen molar-refractivity contribution < 1.29 is 13.7 Å². The molecule has 3 aromatic rings. The van der Waals surface area contributed by atoms with Crippen LogP contribution in [-0.4, -0.2) is 39.7 Å². The second kappa shape index (κ2) is 6.07. The summed E-state index contributed by atoms with van der Waals surface area (Å²) in [6.45, 7) is 2.48. The van der Waals surface area contributed by atoms with Gasteiger partial charge in [-0.1, -0.05) is 5.16 Å². The molecule has 25 heavy (non-hydrogen) atoms. The molecular formula is C16H16FN5O2S. The Kier molecular flexibility index (Phi) is 3.87. The molecule has 3 heterocycles. The van der Waals surface area contributed by atoms with Gasteiger partial charge in [-0.05, 0) is 31.2 Å². The summed E-state index contributed by atoms with van der Waals surface area (Å²) in [6, 6.07) is 7.21. The van der Waals surface area contributed by atoms with E-state index < -0.39 is 5.67 Å². The van der Waals surface area contributed by atoms with E-state index in [4.69, 9.17) is 9.26 Å². The minimum Gasteiger partial charge on any atom is -0.497 e. The zero-order valence-corrected chi connectivity index (χ0v) is 14.6. The van der Waals surface area contributed by atoms with E-state index in [1.54, 1.807) is 19.2 Å². The first kappa shape index (κ1) is 15.9. The van der Waals surface area contributed by atoms with Gasteiger partial charge >= 0.3 is 0 Å². The highest BCUT2D eigenvalue weighted by molar-refractivity contribution is 7.09. The van der Waals surface area contributed by atoms with E-state index in [9.17, 15) is 0 Å². The Balaban J connectivity index is 1.55. The van der Waals surface area contributed by atoms with Gasteiger partial charge in [0.2, 0.25) is 16.6 Å². The van der Waals surface area contributed by atoms with Gasteiger partial charge in [-0.2, -0.15) is 9.36 Å². The average Bonchev–Trinajstić information content (AvgIpc) is 3.35. The van der Waals surface area contributed by atoms with Gasteiger partial charge in [-0.25, -0.2) is 9.37 Å². The number of benzene rings is 1. The number of ether oxygens (including phenoxy) is 1. The third-order valence-corrected chi connectivity index (χ3v) is 5.03. The Hall–Kier alpha value is -2.55. The first-order chi connectivity index (χ1) is 12.1. The fraction of sp³-hybridized carbons (Fsp3) is 0.375. The van der Waals surface area contributed by atoms with Crippen LogP contribution in [0.2, 0.25) is 0 Å². The van der Waals surface area contributed by atoms with Crippen LogP contribution in [0.15, 0.2) is 28.8 Å². The van der Waals surface area contributed by atoms with Crippen LogP contribution in [0.1, 0.15) is 18.1 Å². The SMILES string of the molecule is COc1ccc(-c2noc(C3(F)CCN(c4nc(C)ns4)C3)n2)cc1. The summed E-state index contributed by atoms with van der Waals surface area (Å²) < 4.78 is 29.8. The number of aromatic nitrogens is 4. The molecule has 9 heteroatoms. The second-order valence-corrected chi connectivity index (χ2v) is 6.64. The molecule has 0 bridgehead atoms. The summed E-state index contributed by atoms with van der Waals surface area (Å²) in [6.07, 6.45) is 0.274. The number of nitrogens with zero attached hydrogens (tertiary/aromatic N) is 5. The molecule has 0 saturated carbocycles. The Bertz CT molecular complexity index is 881. The minimum absolute atomic E-state index is 0.00190. The average molecular weight is 361 g/mol. The summed E-state index contributed by atoms with van der Waals surface area (Å²) in [5.74, 6) is 1.78. The van der Waals surface area contributed by atoms with Crippen LogP contribution in [0.4, 0.5) is 9.52 Å². The lowest BCUT2D eigenvalue weighted by molar-refractivity contribution is 0.136. The molecule has 7 nitrogen and oxygen atoms in total. The molecule has 130 valence electrons. The fourth-order valence-corrected chi connectivity index (χ4v) is 3.49. The maximum Gasteiger partial charge on any atom is 0.266 e. The Morgan fingerprint density at radius 2 is 2.08 bits per heavy atom. The first-order valence-corrected chi connectivity index (χ1v) is 8.57. The van der Waals surface area contributed by atoms with Crippen molar-refractivity contribution in [3.05, 3.63) is 36.0 Å². The monoisotopic (exact) mass is 361 g/mol. The molecule has 1 aromatic carbocycles. The minimum atomic E-state index is -1.68. The van der Waals surface area contributed by atoms with Gasteiger partial charge in [0.1, 0.15) is 11.6 Å². The Morgan fingerprint density at radius 3 is 2.76 bits per heavy atom. The van der Waals surface area contributed by atoms with Gasteiger partial charge in [-0.15, -0.1) is 0 Å². The number of methoxy groups -OCH3 is 1. The number of anilines is 1. The van der Waals surface area contributed by atoms with Crippen LogP contribution in [0.25, 0.3) is 11.4 Å². The van der Waals surface area contributed by atoms with Crippen LogP contribution in [0, 0.1) is 6.92 Å². The summed E-state index contributed by atoms with van der Waals surface area (Å²) in [5.41, 5.74) is -0.939. The molecule has 0 radical (unpaired) electrons. The van der Waals surface area contributed by atoms with Crippen LogP contribution < -0.4 is 9.64 Å². The second-order valence-electron chi connectivity index (χ2n) is 5.91. The van der Waals surface area contributed by atoms with E-state index >= 15 is 4.39 Å². The molecule has 1 saturated heterocycles. The van der Waals surface area contributed by atoms with E-state index in [1.807, 2.05) is 24.0 Å². The molecule has 1 fully saturated rings. The molecule has 0 spiro atoms. The molecule has 0 N–H and O–H groups in total. The third kappa shape index (κ3) is 2.95. The number of hydrogen-bond acceptors (Lipinski definition) is 8. The highest BCUT2D eigenvalue weighted by atomic mass is 32.1. The number of aryl methyl sites for hydroxylation is 1. The van der Waals surface area contributed by atoms with Crippen molar-refractivity contribution in [2.45, 2.75) is 19.0 Å². The first-order valence-electron chi connectivity index (χ1n) is 7.80. The van der Waals surface area contributed by atoms with Gasteiger partial charge in [0.15, 0.2) is 0 Å². The zero-order valence-electron chi connectivity index (χ0n) is 13.8. The lowest BCUT2D eigenvalue weighted by Crippen LogP contribution is -2.27. The standard InChI is InChI=1S/C16H16FN5O2S/c1-10-18-15(25-21-10)22-8-7-16(17,9-22)14-19-13(20-24-14)11-3-5-12(23-2)6-4-11/h3-6H,7-9H2,1-2H3. The van der Waals surface area contributed by atoms with Crippen molar-refractivity contribution in [2.24, 2.45) is 0 Å². The smallest absolute Gasteiger partial charge is 0.266 e. The molecule has 0 amide bonds.